The van der Waals surface area contributed by atoms with Crippen molar-refractivity contribution in [1.29, 1.82) is 0 Å². The van der Waals surface area contributed by atoms with Crippen LogP contribution in [-0.4, -0.2) is 23.1 Å². The Balaban J connectivity index is 1.39. The van der Waals surface area contributed by atoms with Crippen LogP contribution in [0.1, 0.15) is 31.7 Å². The van der Waals surface area contributed by atoms with E-state index in [1.54, 1.807) is 12.1 Å². The van der Waals surface area contributed by atoms with E-state index in [-0.39, 0.29) is 29.3 Å². The number of carboxylic acids is 1. The molecule has 2 saturated carbocycles. The Morgan fingerprint density at radius 2 is 1.91 bits per heavy atom. The van der Waals surface area contributed by atoms with Crippen LogP contribution in [0, 0.1) is 17.3 Å². The van der Waals surface area contributed by atoms with Crippen molar-refractivity contribution in [3.05, 3.63) is 34.9 Å². The molecule has 1 spiro atoms. The lowest BCUT2D eigenvalue weighted by Crippen LogP contribution is -2.62. The lowest BCUT2D eigenvalue weighted by atomic mass is 9.44. The molecular formula is C17H21ClN2O3. The first kappa shape index (κ1) is 16.1. The van der Waals surface area contributed by atoms with Gasteiger partial charge < -0.3 is 15.7 Å². The molecule has 1 aromatic carbocycles. The first-order chi connectivity index (χ1) is 10.9. The Morgan fingerprint density at radius 1 is 1.26 bits per heavy atom. The first-order valence-electron chi connectivity index (χ1n) is 7.91. The van der Waals surface area contributed by atoms with Gasteiger partial charge in [0.25, 0.3) is 0 Å². The van der Waals surface area contributed by atoms with Crippen molar-refractivity contribution in [1.82, 2.24) is 10.6 Å². The molecule has 2 amide bonds. The normalized spacial score (nSPS) is 31.8. The maximum atomic E-state index is 11.9. The van der Waals surface area contributed by atoms with E-state index in [4.69, 9.17) is 16.7 Å². The second-order valence-electron chi connectivity index (χ2n) is 6.86. The van der Waals surface area contributed by atoms with E-state index in [1.165, 1.54) is 0 Å². The number of hydrogen-bond acceptors (Lipinski definition) is 2. The lowest BCUT2D eigenvalue weighted by molar-refractivity contribution is -0.170. The largest absolute Gasteiger partial charge is 0.481 e. The zero-order valence-electron chi connectivity index (χ0n) is 13.0. The van der Waals surface area contributed by atoms with Gasteiger partial charge in [-0.15, -0.1) is 0 Å². The number of hydrogen-bond donors (Lipinski definition) is 3. The molecule has 2 atom stereocenters. The quantitative estimate of drug-likeness (QED) is 0.790. The van der Waals surface area contributed by atoms with E-state index in [0.717, 1.165) is 24.8 Å². The van der Waals surface area contributed by atoms with Gasteiger partial charge in [-0.05, 0) is 48.3 Å². The molecule has 2 aliphatic rings. The number of benzene rings is 1. The molecule has 0 aliphatic heterocycles. The highest BCUT2D eigenvalue weighted by atomic mass is 35.5. The molecule has 2 aliphatic carbocycles. The third kappa shape index (κ3) is 3.15. The van der Waals surface area contributed by atoms with Crippen molar-refractivity contribution in [2.75, 3.05) is 0 Å². The number of urea groups is 1. The summed E-state index contributed by atoms with van der Waals surface area (Å²) in [7, 11) is 0. The van der Waals surface area contributed by atoms with Crippen molar-refractivity contribution in [2.24, 2.45) is 17.3 Å². The number of nitrogens with one attached hydrogen (secondary N) is 2. The number of carbonyl (C=O) groups excluding carboxylic acids is 1. The summed E-state index contributed by atoms with van der Waals surface area (Å²) in [4.78, 5) is 22.9. The van der Waals surface area contributed by atoms with Crippen LogP contribution < -0.4 is 10.6 Å². The van der Waals surface area contributed by atoms with Crippen molar-refractivity contribution in [2.45, 2.75) is 38.8 Å². The molecule has 0 heterocycles. The smallest absolute Gasteiger partial charge is 0.315 e. The van der Waals surface area contributed by atoms with Gasteiger partial charge in [-0.1, -0.05) is 30.7 Å². The van der Waals surface area contributed by atoms with E-state index >= 15 is 0 Å². The second-order valence-corrected chi connectivity index (χ2v) is 7.29. The molecule has 0 radical (unpaired) electrons. The van der Waals surface area contributed by atoms with Crippen molar-refractivity contribution in [3.63, 3.8) is 0 Å². The SMILES string of the molecule is CC1C(C(=O)O)CC12CC(NC(=O)NCc1ccc(Cl)cc1)C2. The average molecular weight is 337 g/mol. The van der Waals surface area contributed by atoms with E-state index in [0.29, 0.717) is 11.6 Å². The van der Waals surface area contributed by atoms with Crippen LogP contribution in [-0.2, 0) is 11.3 Å². The molecular weight excluding hydrogens is 316 g/mol. The molecule has 2 unspecified atom stereocenters. The zero-order chi connectivity index (χ0) is 16.6. The number of aliphatic carboxylic acids is 1. The van der Waals surface area contributed by atoms with Gasteiger partial charge in [0.2, 0.25) is 0 Å². The van der Waals surface area contributed by atoms with Gasteiger partial charge >= 0.3 is 12.0 Å². The molecule has 0 aromatic heterocycles. The molecule has 5 nitrogen and oxygen atoms in total. The Hall–Kier alpha value is -1.75. The number of rotatable bonds is 4. The third-order valence-electron chi connectivity index (χ3n) is 5.52. The van der Waals surface area contributed by atoms with Crippen LogP contribution in [0.4, 0.5) is 4.79 Å². The highest BCUT2D eigenvalue weighted by Crippen LogP contribution is 2.62. The van der Waals surface area contributed by atoms with Gasteiger partial charge in [-0.2, -0.15) is 0 Å². The van der Waals surface area contributed by atoms with Crippen molar-refractivity contribution in [3.8, 4) is 0 Å². The number of carbonyl (C=O) groups is 2. The molecule has 124 valence electrons. The van der Waals surface area contributed by atoms with Gasteiger partial charge in [0.1, 0.15) is 0 Å². The van der Waals surface area contributed by atoms with Crippen LogP contribution in [0.25, 0.3) is 0 Å². The molecule has 3 rings (SSSR count). The summed E-state index contributed by atoms with van der Waals surface area (Å²) in [5.41, 5.74) is 1.13. The highest BCUT2D eigenvalue weighted by molar-refractivity contribution is 6.30. The van der Waals surface area contributed by atoms with Crippen LogP contribution >= 0.6 is 11.6 Å². The minimum atomic E-state index is -0.694. The Bertz CT molecular complexity index is 611. The topological polar surface area (TPSA) is 78.4 Å². The molecule has 1 aromatic rings. The molecule has 0 saturated heterocycles. The van der Waals surface area contributed by atoms with Crippen LogP contribution in [0.15, 0.2) is 24.3 Å². The van der Waals surface area contributed by atoms with Gasteiger partial charge in [0.05, 0.1) is 5.92 Å². The molecule has 23 heavy (non-hydrogen) atoms. The predicted molar refractivity (Wildman–Crippen MR) is 87.2 cm³/mol. The van der Waals surface area contributed by atoms with E-state index < -0.39 is 5.97 Å². The first-order valence-corrected chi connectivity index (χ1v) is 8.29. The van der Waals surface area contributed by atoms with Gasteiger partial charge in [0.15, 0.2) is 0 Å². The van der Waals surface area contributed by atoms with E-state index in [9.17, 15) is 9.59 Å². The fourth-order valence-corrected chi connectivity index (χ4v) is 4.08. The molecule has 3 N–H and O–H groups in total. The summed E-state index contributed by atoms with van der Waals surface area (Å²) in [6, 6.07) is 7.32. The number of halogens is 1. The average Bonchev–Trinajstić information content (AvgIpc) is 2.47. The summed E-state index contributed by atoms with van der Waals surface area (Å²) in [6.07, 6.45) is 2.51. The lowest BCUT2D eigenvalue weighted by Gasteiger charge is -2.61. The highest BCUT2D eigenvalue weighted by Gasteiger charge is 2.60. The zero-order valence-corrected chi connectivity index (χ0v) is 13.8. The maximum Gasteiger partial charge on any atom is 0.315 e. The summed E-state index contributed by atoms with van der Waals surface area (Å²) in [5.74, 6) is -0.704. The number of carboxylic acid groups (broad SMARTS) is 1. The van der Waals surface area contributed by atoms with Crippen LogP contribution in [0.2, 0.25) is 5.02 Å². The van der Waals surface area contributed by atoms with E-state index in [2.05, 4.69) is 10.6 Å². The summed E-state index contributed by atoms with van der Waals surface area (Å²) in [5, 5.41) is 15.5. The monoisotopic (exact) mass is 336 g/mol. The van der Waals surface area contributed by atoms with Crippen molar-refractivity contribution >= 4 is 23.6 Å². The molecule has 6 heteroatoms. The standard InChI is InChI=1S/C17H21ClN2O3/c1-10-14(15(21)22)8-17(10)6-13(7-17)20-16(23)19-9-11-2-4-12(18)5-3-11/h2-5,10,13-14H,6-9H2,1H3,(H,21,22)(H2,19,20,23). The predicted octanol–water partition coefficient (Wildman–Crippen LogP) is 3.03. The number of amides is 2. The van der Waals surface area contributed by atoms with Gasteiger partial charge in [-0.25, -0.2) is 4.79 Å². The second kappa shape index (κ2) is 6.04. The minimum Gasteiger partial charge on any atom is -0.481 e. The Morgan fingerprint density at radius 3 is 2.48 bits per heavy atom. The Kier molecular flexibility index (Phi) is 4.23. The van der Waals surface area contributed by atoms with Crippen LogP contribution in [0.5, 0.6) is 0 Å². The molecule has 2 fully saturated rings. The summed E-state index contributed by atoms with van der Waals surface area (Å²) >= 11 is 5.82. The summed E-state index contributed by atoms with van der Waals surface area (Å²) < 4.78 is 0. The third-order valence-corrected chi connectivity index (χ3v) is 5.77. The fraction of sp³-hybridized carbons (Fsp3) is 0.529. The maximum absolute atomic E-state index is 11.9. The van der Waals surface area contributed by atoms with Crippen LogP contribution in [0.3, 0.4) is 0 Å². The van der Waals surface area contributed by atoms with Gasteiger partial charge in [0, 0.05) is 17.6 Å². The van der Waals surface area contributed by atoms with Gasteiger partial charge in [-0.3, -0.25) is 4.79 Å². The summed E-state index contributed by atoms with van der Waals surface area (Å²) in [6.45, 7) is 2.47. The fourth-order valence-electron chi connectivity index (χ4n) is 3.95. The molecule has 0 bridgehead atoms. The van der Waals surface area contributed by atoms with Crippen molar-refractivity contribution < 1.29 is 14.7 Å². The minimum absolute atomic E-state index is 0.136. The van der Waals surface area contributed by atoms with E-state index in [1.807, 2.05) is 19.1 Å². The Labute approximate surface area is 140 Å².